The van der Waals surface area contributed by atoms with Crippen molar-refractivity contribution in [2.24, 2.45) is 5.92 Å². The van der Waals surface area contributed by atoms with E-state index >= 15 is 0 Å². The van der Waals surface area contributed by atoms with Crippen molar-refractivity contribution >= 4 is 12.6 Å². The van der Waals surface area contributed by atoms with E-state index in [1.165, 1.54) is 0 Å². The van der Waals surface area contributed by atoms with Gasteiger partial charge in [-0.15, -0.1) is 12.6 Å². The molecule has 1 fully saturated rings. The minimum Gasteiger partial charge on any atom is -0.348 e. The van der Waals surface area contributed by atoms with Gasteiger partial charge in [-0.1, -0.05) is 12.8 Å². The minimum atomic E-state index is -5.59. The highest BCUT2D eigenvalue weighted by atomic mass is 32.1. The number of ether oxygens (including phenoxy) is 1. The quantitative estimate of drug-likeness (QED) is 0.468. The van der Waals surface area contributed by atoms with Gasteiger partial charge in [-0.25, -0.2) is 0 Å². The third kappa shape index (κ3) is 3.21. The average molecular weight is 282 g/mol. The molecule has 0 aromatic carbocycles. The first-order valence-corrected chi connectivity index (χ1v) is 5.52. The van der Waals surface area contributed by atoms with Crippen LogP contribution in [0.3, 0.4) is 0 Å². The topological polar surface area (TPSA) is 9.23 Å². The predicted molar refractivity (Wildman–Crippen MR) is 51.7 cm³/mol. The zero-order valence-electron chi connectivity index (χ0n) is 8.74. The van der Waals surface area contributed by atoms with Gasteiger partial charge in [-0.05, 0) is 18.8 Å². The minimum absolute atomic E-state index is 0.244. The van der Waals surface area contributed by atoms with Crippen LogP contribution in [0.2, 0.25) is 0 Å². The first kappa shape index (κ1) is 14.9. The fourth-order valence-electron chi connectivity index (χ4n) is 1.74. The molecule has 1 aliphatic carbocycles. The largest absolute Gasteiger partial charge is 0.436 e. The number of rotatable bonds is 3. The van der Waals surface area contributed by atoms with Gasteiger partial charge in [0.1, 0.15) is 0 Å². The fraction of sp³-hybridized carbons (Fsp3) is 1.00. The lowest BCUT2D eigenvalue weighted by Crippen LogP contribution is -2.54. The second-order valence-corrected chi connectivity index (χ2v) is 4.73. The molecule has 0 spiro atoms. The Kier molecular flexibility index (Phi) is 4.28. The maximum atomic E-state index is 12.4. The molecule has 17 heavy (non-hydrogen) atoms. The molecule has 102 valence electrons. The Labute approximate surface area is 99.9 Å². The Morgan fingerprint density at radius 1 is 0.941 bits per heavy atom. The van der Waals surface area contributed by atoms with Gasteiger partial charge in [0.2, 0.25) is 0 Å². The van der Waals surface area contributed by atoms with Crippen LogP contribution in [0.1, 0.15) is 25.7 Å². The highest BCUT2D eigenvalue weighted by Gasteiger charge is 2.70. The molecule has 0 aromatic heterocycles. The number of thiol groups is 1. The highest BCUT2D eigenvalue weighted by molar-refractivity contribution is 7.81. The molecule has 0 bridgehead atoms. The van der Waals surface area contributed by atoms with Crippen molar-refractivity contribution in [2.75, 3.05) is 6.61 Å². The van der Waals surface area contributed by atoms with Gasteiger partial charge in [0.25, 0.3) is 0 Å². The predicted octanol–water partition coefficient (Wildman–Crippen LogP) is 3.94. The number of alkyl halides is 6. The van der Waals surface area contributed by atoms with Crippen LogP contribution in [0.4, 0.5) is 26.3 Å². The molecule has 0 heterocycles. The SMILES string of the molecule is FC(F)(F)C(S)(OCC1CCCC1)C(F)(F)F. The molecule has 1 nitrogen and oxygen atoms in total. The average Bonchev–Trinajstić information content (AvgIpc) is 2.62. The van der Waals surface area contributed by atoms with Crippen molar-refractivity contribution < 1.29 is 31.1 Å². The lowest BCUT2D eigenvalue weighted by atomic mass is 10.1. The van der Waals surface area contributed by atoms with Gasteiger partial charge in [0.15, 0.2) is 0 Å². The van der Waals surface area contributed by atoms with Crippen LogP contribution in [0.15, 0.2) is 0 Å². The molecule has 0 amide bonds. The van der Waals surface area contributed by atoms with Crippen LogP contribution in [-0.4, -0.2) is 23.9 Å². The standard InChI is InChI=1S/C9H12F6OS/c10-8(11,12)7(17,9(13,14)15)16-5-6-3-1-2-4-6/h6,17H,1-5H2. The van der Waals surface area contributed by atoms with Crippen LogP contribution < -0.4 is 0 Å². The summed E-state index contributed by atoms with van der Waals surface area (Å²) >= 11 is 2.68. The molecule has 0 saturated heterocycles. The van der Waals surface area contributed by atoms with E-state index in [9.17, 15) is 26.3 Å². The van der Waals surface area contributed by atoms with E-state index in [1.807, 2.05) is 0 Å². The zero-order valence-corrected chi connectivity index (χ0v) is 9.63. The summed E-state index contributed by atoms with van der Waals surface area (Å²) in [6.07, 6.45) is -8.36. The lowest BCUT2D eigenvalue weighted by molar-refractivity contribution is -0.341. The van der Waals surface area contributed by atoms with E-state index in [1.54, 1.807) is 0 Å². The molecular formula is C9H12F6OS. The molecule has 0 N–H and O–H groups in total. The lowest BCUT2D eigenvalue weighted by Gasteiger charge is -2.33. The number of halogens is 6. The van der Waals surface area contributed by atoms with Crippen LogP contribution in [0, 0.1) is 5.92 Å². The van der Waals surface area contributed by atoms with E-state index in [-0.39, 0.29) is 5.92 Å². The second-order valence-electron chi connectivity index (χ2n) is 4.10. The maximum absolute atomic E-state index is 12.4. The molecular weight excluding hydrogens is 270 g/mol. The van der Waals surface area contributed by atoms with Crippen LogP contribution in [0.5, 0.6) is 0 Å². The first-order chi connectivity index (χ1) is 7.58. The summed E-state index contributed by atoms with van der Waals surface area (Å²) in [5.74, 6) is -0.244. The Morgan fingerprint density at radius 3 is 1.71 bits per heavy atom. The molecule has 8 heteroatoms. The third-order valence-corrected chi connectivity index (χ3v) is 3.41. The van der Waals surface area contributed by atoms with Crippen LogP contribution in [-0.2, 0) is 4.74 Å². The van der Waals surface area contributed by atoms with Crippen LogP contribution in [0.25, 0.3) is 0 Å². The monoisotopic (exact) mass is 282 g/mol. The zero-order chi connectivity index (χ0) is 13.3. The van der Waals surface area contributed by atoms with Gasteiger partial charge in [0.05, 0.1) is 6.61 Å². The highest BCUT2D eigenvalue weighted by Crippen LogP contribution is 2.49. The number of hydrogen-bond acceptors (Lipinski definition) is 2. The smallest absolute Gasteiger partial charge is 0.348 e. The summed E-state index contributed by atoms with van der Waals surface area (Å²) in [6.45, 7) is -0.567. The normalized spacial score (nSPS) is 19.9. The first-order valence-electron chi connectivity index (χ1n) is 5.08. The van der Waals surface area contributed by atoms with E-state index in [0.29, 0.717) is 12.8 Å². The Bertz CT molecular complexity index is 241. The number of hydrogen-bond donors (Lipinski definition) is 1. The van der Waals surface area contributed by atoms with Crippen molar-refractivity contribution in [2.45, 2.75) is 43.0 Å². The summed E-state index contributed by atoms with van der Waals surface area (Å²) in [4.78, 5) is -4.37. The molecule has 0 atom stereocenters. The molecule has 1 aliphatic rings. The molecule has 0 aliphatic heterocycles. The van der Waals surface area contributed by atoms with Gasteiger partial charge >= 0.3 is 17.3 Å². The van der Waals surface area contributed by atoms with E-state index in [4.69, 9.17) is 0 Å². The van der Waals surface area contributed by atoms with Gasteiger partial charge in [0, 0.05) is 0 Å². The van der Waals surface area contributed by atoms with E-state index < -0.39 is 23.9 Å². The van der Waals surface area contributed by atoms with E-state index in [0.717, 1.165) is 12.8 Å². The van der Waals surface area contributed by atoms with Crippen molar-refractivity contribution in [3.8, 4) is 0 Å². The van der Waals surface area contributed by atoms with Crippen molar-refractivity contribution in [1.29, 1.82) is 0 Å². The summed E-state index contributed by atoms with van der Waals surface area (Å²) in [5.41, 5.74) is 0. The molecule has 1 saturated carbocycles. The summed E-state index contributed by atoms with van der Waals surface area (Å²) in [6, 6.07) is 0. The van der Waals surface area contributed by atoms with Gasteiger partial charge in [-0.2, -0.15) is 26.3 Å². The molecule has 0 aromatic rings. The summed E-state index contributed by atoms with van der Waals surface area (Å²) in [7, 11) is 0. The second kappa shape index (κ2) is 4.87. The fourth-order valence-corrected chi connectivity index (χ4v) is 1.81. The van der Waals surface area contributed by atoms with Gasteiger partial charge in [-0.3, -0.25) is 0 Å². The Hall–Kier alpha value is -0.110. The molecule has 1 rings (SSSR count). The third-order valence-electron chi connectivity index (χ3n) is 2.77. The molecule has 0 radical (unpaired) electrons. The van der Waals surface area contributed by atoms with Crippen molar-refractivity contribution in [1.82, 2.24) is 0 Å². The molecule has 0 unspecified atom stereocenters. The van der Waals surface area contributed by atoms with Crippen molar-refractivity contribution in [3.63, 3.8) is 0 Å². The summed E-state index contributed by atoms with van der Waals surface area (Å²) < 4.78 is 78.2. The van der Waals surface area contributed by atoms with Crippen molar-refractivity contribution in [3.05, 3.63) is 0 Å². The summed E-state index contributed by atoms with van der Waals surface area (Å²) in [5, 5.41) is 0. The Morgan fingerprint density at radius 2 is 1.35 bits per heavy atom. The van der Waals surface area contributed by atoms with Crippen LogP contribution >= 0.6 is 12.6 Å². The van der Waals surface area contributed by atoms with Gasteiger partial charge < -0.3 is 4.74 Å². The Balaban J connectivity index is 2.71. The maximum Gasteiger partial charge on any atom is 0.436 e. The van der Waals surface area contributed by atoms with E-state index in [2.05, 4.69) is 17.4 Å².